The lowest BCUT2D eigenvalue weighted by atomic mass is 10.3. The highest BCUT2D eigenvalue weighted by molar-refractivity contribution is 14.1. The van der Waals surface area contributed by atoms with E-state index in [2.05, 4.69) is 32.6 Å². The van der Waals surface area contributed by atoms with Crippen LogP contribution in [0.25, 0.3) is 11.0 Å². The molecular weight excluding hydrogens is 263 g/mol. The summed E-state index contributed by atoms with van der Waals surface area (Å²) in [6, 6.07) is 6.01. The first kappa shape index (κ1) is 7.91. The largest absolute Gasteiger partial charge is 0.253 e. The first-order valence-electron chi connectivity index (χ1n) is 3.65. The first-order chi connectivity index (χ1) is 5.77. The molecule has 0 amide bonds. The van der Waals surface area contributed by atoms with Crippen molar-refractivity contribution >= 4 is 33.6 Å². The maximum absolute atomic E-state index is 4.41. The predicted molar refractivity (Wildman–Crippen MR) is 57.0 cm³/mol. The van der Waals surface area contributed by atoms with E-state index < -0.39 is 0 Å². The van der Waals surface area contributed by atoms with Crippen LogP contribution in [0.3, 0.4) is 0 Å². The normalized spacial score (nSPS) is 10.5. The summed E-state index contributed by atoms with van der Waals surface area (Å²) in [6.45, 7) is 1.95. The van der Waals surface area contributed by atoms with Gasteiger partial charge in [-0.05, 0) is 41.6 Å². The molecule has 2 aromatic rings. The summed E-state index contributed by atoms with van der Waals surface area (Å²) >= 11 is 2.27. The van der Waals surface area contributed by atoms with Crippen LogP contribution in [0.15, 0.2) is 24.4 Å². The summed E-state index contributed by atoms with van der Waals surface area (Å²) in [5.74, 6) is 0. The second-order valence-corrected chi connectivity index (χ2v) is 3.78. The molecule has 12 heavy (non-hydrogen) atoms. The summed E-state index contributed by atoms with van der Waals surface area (Å²) in [6.07, 6.45) is 1.79. The lowest BCUT2D eigenvalue weighted by Gasteiger charge is -1.98. The van der Waals surface area contributed by atoms with E-state index in [-0.39, 0.29) is 0 Å². The molecule has 0 spiro atoms. The van der Waals surface area contributed by atoms with Gasteiger partial charge in [-0.15, -0.1) is 0 Å². The fourth-order valence-corrected chi connectivity index (χ4v) is 1.69. The molecule has 2 rings (SSSR count). The Kier molecular flexibility index (Phi) is 1.96. The Morgan fingerprint density at radius 3 is 3.00 bits per heavy atom. The summed E-state index contributed by atoms with van der Waals surface area (Å²) in [5.41, 5.74) is 2.93. The number of aryl methyl sites for hydroxylation is 1. The molecule has 0 radical (unpaired) electrons. The van der Waals surface area contributed by atoms with Crippen molar-refractivity contribution in [3.63, 3.8) is 0 Å². The molecule has 1 heterocycles. The molecule has 1 aromatic heterocycles. The van der Waals surface area contributed by atoms with Crippen LogP contribution in [0, 0.1) is 10.5 Å². The average Bonchev–Trinajstić information content (AvgIpc) is 2.07. The van der Waals surface area contributed by atoms with Gasteiger partial charge in [0.25, 0.3) is 0 Å². The van der Waals surface area contributed by atoms with Crippen LogP contribution in [-0.4, -0.2) is 9.97 Å². The van der Waals surface area contributed by atoms with Gasteiger partial charge < -0.3 is 0 Å². The van der Waals surface area contributed by atoms with Gasteiger partial charge in [-0.1, -0.05) is 6.07 Å². The third kappa shape index (κ3) is 1.29. The van der Waals surface area contributed by atoms with Crippen LogP contribution in [0.1, 0.15) is 5.69 Å². The monoisotopic (exact) mass is 270 g/mol. The van der Waals surface area contributed by atoms with Gasteiger partial charge in [0.2, 0.25) is 0 Å². The molecule has 0 aliphatic rings. The summed E-state index contributed by atoms with van der Waals surface area (Å²) in [4.78, 5) is 8.68. The van der Waals surface area contributed by atoms with Gasteiger partial charge in [0, 0.05) is 9.77 Å². The van der Waals surface area contributed by atoms with Crippen molar-refractivity contribution in [2.24, 2.45) is 0 Å². The zero-order chi connectivity index (χ0) is 8.55. The van der Waals surface area contributed by atoms with E-state index in [4.69, 9.17) is 0 Å². The quantitative estimate of drug-likeness (QED) is 0.687. The number of nitrogens with zero attached hydrogens (tertiary/aromatic N) is 2. The van der Waals surface area contributed by atoms with Crippen molar-refractivity contribution in [2.45, 2.75) is 6.92 Å². The Balaban J connectivity index is 2.88. The van der Waals surface area contributed by atoms with E-state index in [1.54, 1.807) is 6.20 Å². The van der Waals surface area contributed by atoms with Crippen molar-refractivity contribution < 1.29 is 0 Å². The molecule has 0 aliphatic carbocycles. The second-order valence-electron chi connectivity index (χ2n) is 2.62. The highest BCUT2D eigenvalue weighted by atomic mass is 127. The first-order valence-corrected chi connectivity index (χ1v) is 4.73. The van der Waals surface area contributed by atoms with E-state index >= 15 is 0 Å². The molecule has 0 atom stereocenters. The van der Waals surface area contributed by atoms with Gasteiger partial charge in [-0.3, -0.25) is 4.98 Å². The van der Waals surface area contributed by atoms with Gasteiger partial charge in [0.1, 0.15) is 5.52 Å². The molecule has 1 aromatic carbocycles. The Morgan fingerprint density at radius 2 is 2.17 bits per heavy atom. The number of benzene rings is 1. The van der Waals surface area contributed by atoms with Gasteiger partial charge >= 0.3 is 0 Å². The predicted octanol–water partition coefficient (Wildman–Crippen LogP) is 2.54. The van der Waals surface area contributed by atoms with E-state index in [9.17, 15) is 0 Å². The third-order valence-corrected chi connectivity index (χ3v) is 2.51. The lowest BCUT2D eigenvalue weighted by molar-refractivity contribution is 1.18. The van der Waals surface area contributed by atoms with Crippen molar-refractivity contribution in [1.82, 2.24) is 9.97 Å². The highest BCUT2D eigenvalue weighted by Gasteiger charge is 1.99. The lowest BCUT2D eigenvalue weighted by Crippen LogP contribution is -1.88. The van der Waals surface area contributed by atoms with Gasteiger partial charge in [-0.25, -0.2) is 4.98 Å². The van der Waals surface area contributed by atoms with Crippen molar-refractivity contribution in [3.8, 4) is 0 Å². The number of para-hydroxylation sites is 1. The summed E-state index contributed by atoms with van der Waals surface area (Å²) in [7, 11) is 0. The molecular formula is C9H7IN2. The minimum absolute atomic E-state index is 0.964. The summed E-state index contributed by atoms with van der Waals surface area (Å²) < 4.78 is 1.15. The fourth-order valence-electron chi connectivity index (χ4n) is 1.09. The molecule has 0 N–H and O–H groups in total. The van der Waals surface area contributed by atoms with Crippen molar-refractivity contribution in [1.29, 1.82) is 0 Å². The minimum Gasteiger partial charge on any atom is -0.253 e. The molecule has 0 saturated heterocycles. The third-order valence-electron chi connectivity index (χ3n) is 1.64. The van der Waals surface area contributed by atoms with Crippen LogP contribution in [0.5, 0.6) is 0 Å². The topological polar surface area (TPSA) is 25.8 Å². The molecule has 0 fully saturated rings. The minimum atomic E-state index is 0.964. The van der Waals surface area contributed by atoms with Crippen molar-refractivity contribution in [3.05, 3.63) is 33.7 Å². The number of hydrogen-bond donors (Lipinski definition) is 0. The number of rotatable bonds is 0. The molecule has 60 valence electrons. The molecule has 3 heteroatoms. The maximum Gasteiger partial charge on any atom is 0.102 e. The van der Waals surface area contributed by atoms with Crippen LogP contribution in [0.4, 0.5) is 0 Å². The van der Waals surface area contributed by atoms with Crippen LogP contribution >= 0.6 is 22.6 Å². The Morgan fingerprint density at radius 1 is 1.33 bits per heavy atom. The van der Waals surface area contributed by atoms with Crippen LogP contribution in [-0.2, 0) is 0 Å². The number of fused-ring (bicyclic) bond motifs is 1. The van der Waals surface area contributed by atoms with E-state index in [0.29, 0.717) is 0 Å². The maximum atomic E-state index is 4.41. The summed E-state index contributed by atoms with van der Waals surface area (Å²) in [5, 5.41) is 0. The molecule has 0 unspecified atom stereocenters. The van der Waals surface area contributed by atoms with Gasteiger partial charge in [0.15, 0.2) is 0 Å². The molecule has 0 aliphatic heterocycles. The average molecular weight is 270 g/mol. The number of hydrogen-bond acceptors (Lipinski definition) is 2. The van der Waals surface area contributed by atoms with E-state index in [1.807, 2.05) is 25.1 Å². The van der Waals surface area contributed by atoms with E-state index in [1.165, 1.54) is 0 Å². The molecule has 0 bridgehead atoms. The zero-order valence-corrected chi connectivity index (χ0v) is 8.74. The molecule has 2 nitrogen and oxygen atoms in total. The standard InChI is InChI=1S/C9H7IN2/c1-6-5-11-8-4-2-3-7(10)9(8)12-6/h2-5H,1H3. The highest BCUT2D eigenvalue weighted by Crippen LogP contribution is 2.16. The SMILES string of the molecule is Cc1cnc2cccc(I)c2n1. The van der Waals surface area contributed by atoms with Crippen LogP contribution < -0.4 is 0 Å². The fraction of sp³-hybridized carbons (Fsp3) is 0.111. The smallest absolute Gasteiger partial charge is 0.102 e. The number of halogens is 1. The van der Waals surface area contributed by atoms with Gasteiger partial charge in [0.05, 0.1) is 11.2 Å². The second kappa shape index (κ2) is 2.97. The van der Waals surface area contributed by atoms with Gasteiger partial charge in [-0.2, -0.15) is 0 Å². The van der Waals surface area contributed by atoms with Crippen LogP contribution in [0.2, 0.25) is 0 Å². The Bertz CT molecular complexity index is 426. The zero-order valence-electron chi connectivity index (χ0n) is 6.58. The number of aromatic nitrogens is 2. The molecule has 0 saturated carbocycles. The Hall–Kier alpha value is -0.710. The van der Waals surface area contributed by atoms with E-state index in [0.717, 1.165) is 20.3 Å². The Labute approximate surface area is 84.2 Å². The van der Waals surface area contributed by atoms with Crippen molar-refractivity contribution in [2.75, 3.05) is 0 Å².